The summed E-state index contributed by atoms with van der Waals surface area (Å²) in [4.78, 5) is 13.2. The van der Waals surface area contributed by atoms with Gasteiger partial charge in [0.05, 0.1) is 6.20 Å². The van der Waals surface area contributed by atoms with Crippen LogP contribution >= 0.6 is 0 Å². The summed E-state index contributed by atoms with van der Waals surface area (Å²) in [6.07, 6.45) is 4.80. The number of piperazine rings is 1. The number of benzene rings is 1. The van der Waals surface area contributed by atoms with E-state index in [0.29, 0.717) is 5.69 Å². The van der Waals surface area contributed by atoms with Gasteiger partial charge in [-0.05, 0) is 49.7 Å². The second-order valence-electron chi connectivity index (χ2n) is 7.16. The maximum absolute atomic E-state index is 13.4. The third-order valence-electron chi connectivity index (χ3n) is 5.20. The van der Waals surface area contributed by atoms with Crippen molar-refractivity contribution in [1.29, 1.82) is 0 Å². The van der Waals surface area contributed by atoms with E-state index in [9.17, 15) is 8.78 Å². The quantitative estimate of drug-likeness (QED) is 0.686. The van der Waals surface area contributed by atoms with Crippen molar-refractivity contribution in [3.05, 3.63) is 60.1 Å². The Kier molecular flexibility index (Phi) is 5.34. The smallest absolute Gasteiger partial charge is 0.141 e. The maximum atomic E-state index is 13.4. The Hall–Kier alpha value is -2.80. The number of halogens is 2. The van der Waals surface area contributed by atoms with Crippen molar-refractivity contribution in [2.75, 3.05) is 43.4 Å². The molecule has 1 saturated heterocycles. The van der Waals surface area contributed by atoms with Gasteiger partial charge in [0.15, 0.2) is 0 Å². The lowest BCUT2D eigenvalue weighted by Gasteiger charge is -2.35. The van der Waals surface area contributed by atoms with Gasteiger partial charge in [-0.2, -0.15) is 0 Å². The van der Waals surface area contributed by atoms with Crippen LogP contribution in [0.1, 0.15) is 12.1 Å². The third kappa shape index (κ3) is 4.20. The summed E-state index contributed by atoms with van der Waals surface area (Å²) in [6, 6.07) is 7.95. The van der Waals surface area contributed by atoms with Gasteiger partial charge in [-0.1, -0.05) is 0 Å². The zero-order valence-electron chi connectivity index (χ0n) is 15.6. The fourth-order valence-corrected chi connectivity index (χ4v) is 3.67. The van der Waals surface area contributed by atoms with E-state index in [1.54, 1.807) is 12.3 Å². The van der Waals surface area contributed by atoms with E-state index in [4.69, 9.17) is 5.73 Å². The molecule has 0 spiro atoms. The summed E-state index contributed by atoms with van der Waals surface area (Å²) >= 11 is 0. The topological polar surface area (TPSA) is 58.3 Å². The van der Waals surface area contributed by atoms with E-state index in [1.807, 2.05) is 6.07 Å². The number of rotatable bonds is 5. The molecule has 2 N–H and O–H groups in total. The van der Waals surface area contributed by atoms with Crippen molar-refractivity contribution in [2.45, 2.75) is 12.8 Å². The van der Waals surface area contributed by atoms with Gasteiger partial charge in [0.1, 0.15) is 17.5 Å². The van der Waals surface area contributed by atoms with Crippen LogP contribution in [-0.4, -0.2) is 47.6 Å². The number of nitrogens with two attached hydrogens (primary N) is 1. The number of hydrogen-bond donors (Lipinski definition) is 1. The van der Waals surface area contributed by atoms with Crippen LogP contribution in [0.15, 0.2) is 42.7 Å². The monoisotopic (exact) mass is 383 g/mol. The van der Waals surface area contributed by atoms with Crippen molar-refractivity contribution in [3.63, 3.8) is 0 Å². The molecule has 1 aliphatic heterocycles. The average molecular weight is 383 g/mol. The highest BCUT2D eigenvalue weighted by Gasteiger charge is 2.17. The van der Waals surface area contributed by atoms with Gasteiger partial charge < -0.3 is 10.6 Å². The first-order valence-electron chi connectivity index (χ1n) is 9.51. The summed E-state index contributed by atoms with van der Waals surface area (Å²) < 4.78 is 26.4. The SMILES string of the molecule is Nc1cc(F)cc2cnc(CCCN3CCN(c4ccc(F)cn4)CC3)cc12. The van der Waals surface area contributed by atoms with Gasteiger partial charge >= 0.3 is 0 Å². The zero-order chi connectivity index (χ0) is 19.5. The van der Waals surface area contributed by atoms with Crippen molar-refractivity contribution >= 4 is 22.3 Å². The van der Waals surface area contributed by atoms with Crippen molar-refractivity contribution in [2.24, 2.45) is 0 Å². The molecule has 0 saturated carbocycles. The number of nitrogen functional groups attached to an aromatic ring is 1. The van der Waals surface area contributed by atoms with Crippen LogP contribution in [0.2, 0.25) is 0 Å². The highest BCUT2D eigenvalue weighted by molar-refractivity contribution is 5.92. The lowest BCUT2D eigenvalue weighted by atomic mass is 10.1. The molecule has 3 heterocycles. The predicted molar refractivity (Wildman–Crippen MR) is 107 cm³/mol. The molecule has 0 bridgehead atoms. The van der Waals surface area contributed by atoms with Crippen molar-refractivity contribution in [1.82, 2.24) is 14.9 Å². The van der Waals surface area contributed by atoms with Gasteiger partial charge in [-0.15, -0.1) is 0 Å². The number of aromatic nitrogens is 2. The molecule has 0 aliphatic carbocycles. The van der Waals surface area contributed by atoms with Gasteiger partial charge in [0.2, 0.25) is 0 Å². The van der Waals surface area contributed by atoms with E-state index in [1.165, 1.54) is 24.4 Å². The summed E-state index contributed by atoms with van der Waals surface area (Å²) in [6.45, 7) is 4.67. The molecule has 5 nitrogen and oxygen atoms in total. The molecule has 0 atom stereocenters. The van der Waals surface area contributed by atoms with Crippen LogP contribution < -0.4 is 10.6 Å². The summed E-state index contributed by atoms with van der Waals surface area (Å²) in [5, 5.41) is 1.58. The molecule has 0 radical (unpaired) electrons. The van der Waals surface area contributed by atoms with Crippen LogP contribution in [-0.2, 0) is 6.42 Å². The van der Waals surface area contributed by atoms with Crippen molar-refractivity contribution < 1.29 is 8.78 Å². The number of hydrogen-bond acceptors (Lipinski definition) is 5. The number of aryl methyl sites for hydroxylation is 1. The van der Waals surface area contributed by atoms with Crippen LogP contribution in [0, 0.1) is 11.6 Å². The van der Waals surface area contributed by atoms with Crippen LogP contribution in [0.4, 0.5) is 20.3 Å². The normalized spacial score (nSPS) is 15.3. The number of fused-ring (bicyclic) bond motifs is 1. The third-order valence-corrected chi connectivity index (χ3v) is 5.20. The van der Waals surface area contributed by atoms with Crippen LogP contribution in [0.3, 0.4) is 0 Å². The molecule has 2 aromatic heterocycles. The van der Waals surface area contributed by atoms with E-state index >= 15 is 0 Å². The van der Waals surface area contributed by atoms with Crippen LogP contribution in [0.5, 0.6) is 0 Å². The number of nitrogens with zero attached hydrogens (tertiary/aromatic N) is 4. The number of pyridine rings is 2. The highest BCUT2D eigenvalue weighted by atomic mass is 19.1. The highest BCUT2D eigenvalue weighted by Crippen LogP contribution is 2.23. The summed E-state index contributed by atoms with van der Waals surface area (Å²) in [7, 11) is 0. The molecular formula is C21H23F2N5. The Morgan fingerprint density at radius 2 is 1.75 bits per heavy atom. The summed E-state index contributed by atoms with van der Waals surface area (Å²) in [5.74, 6) is 0.182. The molecule has 1 fully saturated rings. The lowest BCUT2D eigenvalue weighted by Crippen LogP contribution is -2.47. The van der Waals surface area contributed by atoms with Crippen LogP contribution in [0.25, 0.3) is 10.8 Å². The Bertz CT molecular complexity index is 953. The van der Waals surface area contributed by atoms with E-state index in [0.717, 1.165) is 67.8 Å². The molecule has 1 aliphatic rings. The molecular weight excluding hydrogens is 360 g/mol. The molecule has 1 aromatic carbocycles. The first-order valence-corrected chi connectivity index (χ1v) is 9.51. The van der Waals surface area contributed by atoms with E-state index in [2.05, 4.69) is 19.8 Å². The molecule has 7 heteroatoms. The first-order chi connectivity index (χ1) is 13.6. The Labute approximate surface area is 162 Å². The molecule has 0 unspecified atom stereocenters. The average Bonchev–Trinajstić information content (AvgIpc) is 2.69. The van der Waals surface area contributed by atoms with E-state index in [-0.39, 0.29) is 11.6 Å². The largest absolute Gasteiger partial charge is 0.398 e. The Morgan fingerprint density at radius 1 is 0.929 bits per heavy atom. The molecule has 146 valence electrons. The number of anilines is 2. The van der Waals surface area contributed by atoms with Gasteiger partial charge in [-0.3, -0.25) is 9.88 Å². The minimum Gasteiger partial charge on any atom is -0.398 e. The molecule has 0 amide bonds. The van der Waals surface area contributed by atoms with Crippen molar-refractivity contribution in [3.8, 4) is 0 Å². The maximum Gasteiger partial charge on any atom is 0.141 e. The molecule has 3 aromatic rings. The van der Waals surface area contributed by atoms with E-state index < -0.39 is 0 Å². The molecule has 4 rings (SSSR count). The molecule has 28 heavy (non-hydrogen) atoms. The van der Waals surface area contributed by atoms with Gasteiger partial charge in [0, 0.05) is 54.5 Å². The zero-order valence-corrected chi connectivity index (χ0v) is 15.6. The minimum absolute atomic E-state index is 0.309. The second kappa shape index (κ2) is 8.06. The Morgan fingerprint density at radius 3 is 2.50 bits per heavy atom. The minimum atomic E-state index is -0.338. The summed E-state index contributed by atoms with van der Waals surface area (Å²) in [5.41, 5.74) is 7.35. The second-order valence-corrected chi connectivity index (χ2v) is 7.16. The fraction of sp³-hybridized carbons (Fsp3) is 0.333. The van der Waals surface area contributed by atoms with Gasteiger partial charge in [0.25, 0.3) is 0 Å². The predicted octanol–water partition coefficient (Wildman–Crippen LogP) is 3.25. The first kappa shape index (κ1) is 18.6. The van der Waals surface area contributed by atoms with Gasteiger partial charge in [-0.25, -0.2) is 13.8 Å². The standard InChI is InChI=1S/C21H23F2N5/c22-16-3-4-21(26-14-16)28-8-6-27(7-9-28)5-1-2-18-12-19-15(13-25-18)10-17(23)11-20(19)24/h3-4,10-14H,1-2,5-9,24H2. The fourth-order valence-electron chi connectivity index (χ4n) is 3.67. The Balaban J connectivity index is 1.28. The lowest BCUT2D eigenvalue weighted by molar-refractivity contribution is 0.254.